The minimum atomic E-state index is 0.0750. The van der Waals surface area contributed by atoms with Gasteiger partial charge in [-0.05, 0) is 36.5 Å². The Morgan fingerprint density at radius 2 is 1.74 bits per heavy atom. The van der Waals surface area contributed by atoms with Crippen molar-refractivity contribution < 1.29 is 4.79 Å². The Bertz CT molecular complexity index is 893. The van der Waals surface area contributed by atoms with E-state index in [1.54, 1.807) is 6.92 Å². The minimum Gasteiger partial charge on any atom is -0.361 e. The Balaban J connectivity index is 1.73. The first-order valence-electron chi connectivity index (χ1n) is 10.1. The van der Waals surface area contributed by atoms with E-state index in [0.717, 1.165) is 24.8 Å². The molecule has 1 aliphatic rings. The van der Waals surface area contributed by atoms with Gasteiger partial charge in [0.05, 0.1) is 6.04 Å². The van der Waals surface area contributed by atoms with Gasteiger partial charge in [0.2, 0.25) is 5.91 Å². The third kappa shape index (κ3) is 3.78. The molecule has 0 radical (unpaired) electrons. The number of H-pyrrole nitrogens is 1. The van der Waals surface area contributed by atoms with Crippen molar-refractivity contribution in [3.05, 3.63) is 71.9 Å². The maximum absolute atomic E-state index is 12.8. The van der Waals surface area contributed by atoms with Crippen molar-refractivity contribution in [2.45, 2.75) is 57.5 Å². The van der Waals surface area contributed by atoms with Crippen molar-refractivity contribution in [2.24, 2.45) is 0 Å². The van der Waals surface area contributed by atoms with Gasteiger partial charge in [0.15, 0.2) is 0 Å². The number of hydrogen-bond acceptors (Lipinski definition) is 1. The van der Waals surface area contributed by atoms with E-state index >= 15 is 0 Å². The standard InChI is InChI=1S/C24H28N2O/c1-18(27)26(21-12-6-3-7-13-21)24(19-10-4-2-5-11-19)16-20-17-25-23-15-9-8-14-22(20)23/h2,4-5,8-11,14-15,17,21,24-25H,3,6-7,12-13,16H2,1H3. The van der Waals surface area contributed by atoms with Crippen LogP contribution in [0, 0.1) is 0 Å². The zero-order valence-corrected chi connectivity index (χ0v) is 16.0. The molecule has 2 aromatic carbocycles. The predicted octanol–water partition coefficient (Wildman–Crippen LogP) is 5.63. The highest BCUT2D eigenvalue weighted by molar-refractivity contribution is 5.83. The summed E-state index contributed by atoms with van der Waals surface area (Å²) in [6, 6.07) is 19.4. The average Bonchev–Trinajstić information content (AvgIpc) is 3.12. The molecule has 1 N–H and O–H groups in total. The number of hydrogen-bond donors (Lipinski definition) is 1. The van der Waals surface area contributed by atoms with Gasteiger partial charge in [0, 0.05) is 30.1 Å². The van der Waals surface area contributed by atoms with Gasteiger partial charge in [-0.3, -0.25) is 4.79 Å². The van der Waals surface area contributed by atoms with Crippen molar-refractivity contribution in [1.29, 1.82) is 0 Å². The van der Waals surface area contributed by atoms with E-state index in [1.165, 1.54) is 35.8 Å². The van der Waals surface area contributed by atoms with Crippen molar-refractivity contribution in [3.63, 3.8) is 0 Å². The Hall–Kier alpha value is -2.55. The summed E-state index contributed by atoms with van der Waals surface area (Å²) >= 11 is 0. The average molecular weight is 361 g/mol. The topological polar surface area (TPSA) is 36.1 Å². The maximum atomic E-state index is 12.8. The van der Waals surface area contributed by atoms with E-state index in [9.17, 15) is 4.79 Å². The van der Waals surface area contributed by atoms with Crippen molar-refractivity contribution in [1.82, 2.24) is 9.88 Å². The molecule has 1 saturated carbocycles. The molecule has 27 heavy (non-hydrogen) atoms. The minimum absolute atomic E-state index is 0.0750. The van der Waals surface area contributed by atoms with Crippen molar-refractivity contribution in [3.8, 4) is 0 Å². The third-order valence-corrected chi connectivity index (χ3v) is 5.94. The number of nitrogens with one attached hydrogen (secondary N) is 1. The third-order valence-electron chi connectivity index (χ3n) is 5.94. The fourth-order valence-corrected chi connectivity index (χ4v) is 4.65. The molecule has 1 unspecified atom stereocenters. The summed E-state index contributed by atoms with van der Waals surface area (Å²) in [5.41, 5.74) is 3.66. The highest BCUT2D eigenvalue weighted by atomic mass is 16.2. The second kappa shape index (κ2) is 7.99. The molecule has 1 aliphatic carbocycles. The van der Waals surface area contributed by atoms with Crippen LogP contribution >= 0.6 is 0 Å². The van der Waals surface area contributed by atoms with E-state index < -0.39 is 0 Å². The van der Waals surface area contributed by atoms with Gasteiger partial charge in [-0.15, -0.1) is 0 Å². The first-order valence-corrected chi connectivity index (χ1v) is 10.1. The molecule has 140 valence electrons. The quantitative estimate of drug-likeness (QED) is 0.628. The summed E-state index contributed by atoms with van der Waals surface area (Å²) in [7, 11) is 0. The van der Waals surface area contributed by atoms with Crippen LogP contribution in [0.1, 0.15) is 56.2 Å². The van der Waals surface area contributed by atoms with Gasteiger partial charge in [0.1, 0.15) is 0 Å². The van der Waals surface area contributed by atoms with Crippen molar-refractivity contribution in [2.75, 3.05) is 0 Å². The first kappa shape index (κ1) is 17.8. The fourth-order valence-electron chi connectivity index (χ4n) is 4.65. The Morgan fingerprint density at radius 1 is 1.04 bits per heavy atom. The SMILES string of the molecule is CC(=O)N(C1CCCCC1)C(Cc1c[nH]c2ccccc12)c1ccccc1. The molecule has 0 spiro atoms. The number of aromatic nitrogens is 1. The van der Waals surface area contributed by atoms with E-state index in [4.69, 9.17) is 0 Å². The zero-order valence-electron chi connectivity index (χ0n) is 16.0. The number of amides is 1. The molecule has 1 amide bonds. The van der Waals surface area contributed by atoms with Crippen LogP contribution in [-0.4, -0.2) is 21.8 Å². The maximum Gasteiger partial charge on any atom is 0.220 e. The molecule has 1 aromatic heterocycles. The molecule has 1 atom stereocenters. The van der Waals surface area contributed by atoms with Crippen LogP contribution < -0.4 is 0 Å². The summed E-state index contributed by atoms with van der Waals surface area (Å²) in [5.74, 6) is 0.190. The number of rotatable bonds is 5. The Labute approximate surface area is 161 Å². The van der Waals surface area contributed by atoms with Crippen LogP contribution in [-0.2, 0) is 11.2 Å². The lowest BCUT2D eigenvalue weighted by Gasteiger charge is -2.40. The molecular formula is C24H28N2O. The normalized spacial score (nSPS) is 16.3. The molecule has 0 bridgehead atoms. The largest absolute Gasteiger partial charge is 0.361 e. The number of benzene rings is 2. The molecule has 4 rings (SSSR count). The number of carbonyl (C=O) groups is 1. The number of para-hydroxylation sites is 1. The summed E-state index contributed by atoms with van der Waals surface area (Å²) in [5, 5.41) is 1.26. The Kier molecular flexibility index (Phi) is 5.28. The summed E-state index contributed by atoms with van der Waals surface area (Å²) in [4.78, 5) is 18.3. The number of aromatic amines is 1. The van der Waals surface area contributed by atoms with Gasteiger partial charge < -0.3 is 9.88 Å². The lowest BCUT2D eigenvalue weighted by Crippen LogP contribution is -2.43. The molecule has 3 aromatic rings. The number of carbonyl (C=O) groups excluding carboxylic acids is 1. The van der Waals surface area contributed by atoms with Crippen LogP contribution in [0.25, 0.3) is 10.9 Å². The summed E-state index contributed by atoms with van der Waals surface area (Å²) < 4.78 is 0. The summed E-state index contributed by atoms with van der Waals surface area (Å²) in [6.45, 7) is 1.74. The van der Waals surface area contributed by atoms with E-state index in [-0.39, 0.29) is 11.9 Å². The van der Waals surface area contributed by atoms with Crippen LogP contribution in [0.5, 0.6) is 0 Å². The molecule has 1 heterocycles. The zero-order chi connectivity index (χ0) is 18.6. The smallest absolute Gasteiger partial charge is 0.220 e. The van der Waals surface area contributed by atoms with Gasteiger partial charge in [-0.2, -0.15) is 0 Å². The highest BCUT2D eigenvalue weighted by Gasteiger charge is 2.31. The second-order valence-electron chi connectivity index (χ2n) is 7.71. The monoisotopic (exact) mass is 360 g/mol. The molecular weight excluding hydrogens is 332 g/mol. The van der Waals surface area contributed by atoms with Crippen LogP contribution in [0.2, 0.25) is 0 Å². The lowest BCUT2D eigenvalue weighted by atomic mass is 9.89. The molecule has 0 aliphatic heterocycles. The van der Waals surface area contributed by atoms with Gasteiger partial charge in [-0.25, -0.2) is 0 Å². The molecule has 1 fully saturated rings. The van der Waals surface area contributed by atoms with E-state index in [1.807, 2.05) is 6.07 Å². The molecule has 3 heteroatoms. The predicted molar refractivity (Wildman–Crippen MR) is 111 cm³/mol. The van der Waals surface area contributed by atoms with E-state index in [2.05, 4.69) is 64.6 Å². The van der Waals surface area contributed by atoms with Crippen LogP contribution in [0.3, 0.4) is 0 Å². The number of fused-ring (bicyclic) bond motifs is 1. The van der Waals surface area contributed by atoms with Gasteiger partial charge >= 0.3 is 0 Å². The molecule has 3 nitrogen and oxygen atoms in total. The first-order chi connectivity index (χ1) is 13.2. The van der Waals surface area contributed by atoms with Crippen molar-refractivity contribution >= 4 is 16.8 Å². The second-order valence-corrected chi connectivity index (χ2v) is 7.71. The van der Waals surface area contributed by atoms with Gasteiger partial charge in [0.25, 0.3) is 0 Å². The van der Waals surface area contributed by atoms with Crippen LogP contribution in [0.15, 0.2) is 60.8 Å². The van der Waals surface area contributed by atoms with Crippen LogP contribution in [0.4, 0.5) is 0 Å². The number of nitrogens with zero attached hydrogens (tertiary/aromatic N) is 1. The highest BCUT2D eigenvalue weighted by Crippen LogP contribution is 2.34. The van der Waals surface area contributed by atoms with E-state index in [0.29, 0.717) is 6.04 Å². The lowest BCUT2D eigenvalue weighted by molar-refractivity contribution is -0.134. The van der Waals surface area contributed by atoms with Gasteiger partial charge in [-0.1, -0.05) is 67.8 Å². The fraction of sp³-hybridized carbons (Fsp3) is 0.375. The Morgan fingerprint density at radius 3 is 2.48 bits per heavy atom. The molecule has 0 saturated heterocycles. The summed E-state index contributed by atoms with van der Waals surface area (Å²) in [6.07, 6.45) is 8.93.